The molecule has 2 unspecified atom stereocenters. The third-order valence-electron chi connectivity index (χ3n) is 2.44. The molecule has 1 amide bonds. The second-order valence-electron chi connectivity index (χ2n) is 3.64. The van der Waals surface area contributed by atoms with Crippen LogP contribution in [0.1, 0.15) is 12.8 Å². The van der Waals surface area contributed by atoms with Crippen molar-refractivity contribution in [3.05, 3.63) is 0 Å². The number of carbonyl (C=O) groups is 2. The lowest BCUT2D eigenvalue weighted by molar-refractivity contribution is -0.138. The Labute approximate surface area is 93.0 Å². The topological polar surface area (TPSA) is 83.6 Å². The quantitative estimate of drug-likeness (QED) is 0.683. The summed E-state index contributed by atoms with van der Waals surface area (Å²) in [6.45, 7) is 0.793. The van der Waals surface area contributed by atoms with E-state index in [1.54, 1.807) is 11.9 Å². The molecule has 0 spiro atoms. The van der Waals surface area contributed by atoms with Gasteiger partial charge in [-0.15, -0.1) is 11.8 Å². The van der Waals surface area contributed by atoms with E-state index in [4.69, 9.17) is 10.8 Å². The van der Waals surface area contributed by atoms with Gasteiger partial charge in [0.25, 0.3) is 0 Å². The van der Waals surface area contributed by atoms with E-state index < -0.39 is 12.0 Å². The van der Waals surface area contributed by atoms with Gasteiger partial charge in [-0.2, -0.15) is 0 Å². The van der Waals surface area contributed by atoms with E-state index in [-0.39, 0.29) is 11.2 Å². The zero-order chi connectivity index (χ0) is 11.4. The number of likely N-dealkylation sites (tertiary alicyclic amines) is 1. The number of hydrogen-bond acceptors (Lipinski definition) is 4. The maximum absolute atomic E-state index is 11.5. The molecule has 1 heterocycles. The minimum atomic E-state index is -0.981. The van der Waals surface area contributed by atoms with Gasteiger partial charge in [-0.25, -0.2) is 0 Å². The highest BCUT2D eigenvalue weighted by molar-refractivity contribution is 8.00. The van der Waals surface area contributed by atoms with E-state index in [0.717, 1.165) is 13.0 Å². The molecule has 2 atom stereocenters. The number of carboxylic acid groups (broad SMARTS) is 1. The van der Waals surface area contributed by atoms with Crippen molar-refractivity contribution in [1.82, 2.24) is 4.90 Å². The lowest BCUT2D eigenvalue weighted by Gasteiger charge is -2.10. The van der Waals surface area contributed by atoms with Crippen LogP contribution in [0.25, 0.3) is 0 Å². The summed E-state index contributed by atoms with van der Waals surface area (Å²) in [6, 6.07) is -0.813. The lowest BCUT2D eigenvalue weighted by Crippen LogP contribution is -2.31. The number of nitrogens with two attached hydrogens (primary N) is 1. The van der Waals surface area contributed by atoms with E-state index in [2.05, 4.69) is 0 Å². The van der Waals surface area contributed by atoms with Gasteiger partial charge >= 0.3 is 5.97 Å². The van der Waals surface area contributed by atoms with Crippen molar-refractivity contribution in [2.24, 2.45) is 5.73 Å². The molecule has 0 saturated carbocycles. The third kappa shape index (κ3) is 3.39. The summed E-state index contributed by atoms with van der Waals surface area (Å²) in [7, 11) is 1.78. The first-order valence-corrected chi connectivity index (χ1v) is 5.92. The molecule has 0 aromatic rings. The molecule has 0 aliphatic carbocycles. The van der Waals surface area contributed by atoms with Crippen molar-refractivity contribution in [3.63, 3.8) is 0 Å². The maximum atomic E-state index is 11.5. The highest BCUT2D eigenvalue weighted by Gasteiger charge is 2.29. The van der Waals surface area contributed by atoms with Crippen LogP contribution in [-0.4, -0.2) is 52.5 Å². The van der Waals surface area contributed by atoms with E-state index in [9.17, 15) is 9.59 Å². The van der Waals surface area contributed by atoms with E-state index in [1.807, 2.05) is 0 Å². The average molecular weight is 232 g/mol. The Balaban J connectivity index is 2.21. The molecule has 86 valence electrons. The molecule has 1 saturated heterocycles. The van der Waals surface area contributed by atoms with Gasteiger partial charge in [-0.1, -0.05) is 0 Å². The fourth-order valence-corrected chi connectivity index (χ4v) is 2.67. The summed E-state index contributed by atoms with van der Waals surface area (Å²) >= 11 is 1.51. The standard InChI is InChI=1S/C9H16N2O3S/c1-11-4-2-7(8(11)12)15-5-3-6(10)9(13)14/h6-7H,2-5,10H2,1H3,(H,13,14). The van der Waals surface area contributed by atoms with Crippen molar-refractivity contribution >= 4 is 23.6 Å². The van der Waals surface area contributed by atoms with Gasteiger partial charge in [-0.05, 0) is 18.6 Å². The van der Waals surface area contributed by atoms with Gasteiger partial charge in [0.05, 0.1) is 5.25 Å². The largest absolute Gasteiger partial charge is 0.480 e. The van der Waals surface area contributed by atoms with Crippen LogP contribution >= 0.6 is 11.8 Å². The Kier molecular flexibility index (Phi) is 4.41. The molecule has 3 N–H and O–H groups in total. The molecule has 0 radical (unpaired) electrons. The molecule has 15 heavy (non-hydrogen) atoms. The number of nitrogens with zero attached hydrogens (tertiary/aromatic N) is 1. The summed E-state index contributed by atoms with van der Waals surface area (Å²) in [5.74, 6) is -0.216. The smallest absolute Gasteiger partial charge is 0.320 e. The summed E-state index contributed by atoms with van der Waals surface area (Å²) in [6.07, 6.45) is 1.26. The summed E-state index contributed by atoms with van der Waals surface area (Å²) in [5.41, 5.74) is 5.35. The van der Waals surface area contributed by atoms with Crippen molar-refractivity contribution in [2.75, 3.05) is 19.3 Å². The Morgan fingerprint density at radius 2 is 2.47 bits per heavy atom. The number of amides is 1. The zero-order valence-corrected chi connectivity index (χ0v) is 9.50. The molecule has 6 heteroatoms. The van der Waals surface area contributed by atoms with Crippen LogP contribution in [0.15, 0.2) is 0 Å². The summed E-state index contributed by atoms with van der Waals surface area (Å²) < 4.78 is 0. The van der Waals surface area contributed by atoms with Crippen LogP contribution in [0.4, 0.5) is 0 Å². The van der Waals surface area contributed by atoms with E-state index in [1.165, 1.54) is 11.8 Å². The fraction of sp³-hybridized carbons (Fsp3) is 0.778. The predicted octanol–water partition coefficient (Wildman–Crippen LogP) is -0.248. The Morgan fingerprint density at radius 1 is 1.80 bits per heavy atom. The minimum Gasteiger partial charge on any atom is -0.480 e. The predicted molar refractivity (Wildman–Crippen MR) is 58.7 cm³/mol. The van der Waals surface area contributed by atoms with E-state index in [0.29, 0.717) is 12.2 Å². The minimum absolute atomic E-state index is 0.00371. The third-order valence-corrected chi connectivity index (χ3v) is 3.75. The first-order chi connectivity index (χ1) is 7.02. The van der Waals surface area contributed by atoms with Gasteiger partial charge in [0.2, 0.25) is 5.91 Å². The monoisotopic (exact) mass is 232 g/mol. The van der Waals surface area contributed by atoms with Crippen LogP contribution in [0, 0.1) is 0 Å². The number of aliphatic carboxylic acids is 1. The van der Waals surface area contributed by atoms with Gasteiger partial charge in [0.1, 0.15) is 6.04 Å². The second kappa shape index (κ2) is 5.37. The SMILES string of the molecule is CN1CCC(SCCC(N)C(=O)O)C1=O. The number of carbonyl (C=O) groups excluding carboxylic acids is 1. The van der Waals surface area contributed by atoms with Gasteiger partial charge < -0.3 is 15.7 Å². The lowest BCUT2D eigenvalue weighted by atomic mass is 10.2. The molecule has 1 rings (SSSR count). The molecule has 1 fully saturated rings. The molecule has 0 aromatic carbocycles. The normalized spacial score (nSPS) is 23.2. The van der Waals surface area contributed by atoms with Crippen LogP contribution in [-0.2, 0) is 9.59 Å². The molecule has 0 aromatic heterocycles. The summed E-state index contributed by atoms with van der Waals surface area (Å²) in [4.78, 5) is 23.6. The molecule has 1 aliphatic rings. The number of rotatable bonds is 5. The zero-order valence-electron chi connectivity index (χ0n) is 8.68. The Bertz CT molecular complexity index is 260. The first-order valence-electron chi connectivity index (χ1n) is 4.87. The van der Waals surface area contributed by atoms with Crippen LogP contribution in [0.5, 0.6) is 0 Å². The van der Waals surface area contributed by atoms with E-state index >= 15 is 0 Å². The molecule has 1 aliphatic heterocycles. The molecular weight excluding hydrogens is 216 g/mol. The van der Waals surface area contributed by atoms with Gasteiger partial charge in [-0.3, -0.25) is 9.59 Å². The first kappa shape index (κ1) is 12.3. The highest BCUT2D eigenvalue weighted by Crippen LogP contribution is 2.23. The van der Waals surface area contributed by atoms with Crippen molar-refractivity contribution in [1.29, 1.82) is 0 Å². The molecule has 5 nitrogen and oxygen atoms in total. The van der Waals surface area contributed by atoms with Crippen molar-refractivity contribution in [3.8, 4) is 0 Å². The molecular formula is C9H16N2O3S. The van der Waals surface area contributed by atoms with Crippen molar-refractivity contribution in [2.45, 2.75) is 24.1 Å². The molecule has 0 bridgehead atoms. The van der Waals surface area contributed by atoms with Crippen LogP contribution in [0.3, 0.4) is 0 Å². The summed E-state index contributed by atoms with van der Waals surface area (Å²) in [5, 5.41) is 8.55. The van der Waals surface area contributed by atoms with Gasteiger partial charge in [0, 0.05) is 13.6 Å². The number of hydrogen-bond donors (Lipinski definition) is 2. The van der Waals surface area contributed by atoms with Gasteiger partial charge in [0.15, 0.2) is 0 Å². The Morgan fingerprint density at radius 3 is 2.93 bits per heavy atom. The second-order valence-corrected chi connectivity index (χ2v) is 4.95. The fourth-order valence-electron chi connectivity index (χ4n) is 1.41. The van der Waals surface area contributed by atoms with Crippen molar-refractivity contribution < 1.29 is 14.7 Å². The Hall–Kier alpha value is -0.750. The highest BCUT2D eigenvalue weighted by atomic mass is 32.2. The number of thioether (sulfide) groups is 1. The maximum Gasteiger partial charge on any atom is 0.320 e. The van der Waals surface area contributed by atoms with Crippen LogP contribution in [0.2, 0.25) is 0 Å². The average Bonchev–Trinajstić information content (AvgIpc) is 2.49. The number of carboxylic acids is 1. The van der Waals surface area contributed by atoms with Crippen LogP contribution < -0.4 is 5.73 Å².